The van der Waals surface area contributed by atoms with Gasteiger partial charge in [-0.05, 0) is 51.1 Å². The SMILES string of the molecule is CC(O)C1CCN(S(=O)(=O)CC2CCCNC2)C1. The van der Waals surface area contributed by atoms with Gasteiger partial charge in [-0.25, -0.2) is 12.7 Å². The summed E-state index contributed by atoms with van der Waals surface area (Å²) in [6, 6.07) is 0. The van der Waals surface area contributed by atoms with Crippen molar-refractivity contribution >= 4 is 10.0 Å². The Bertz CT molecular complexity index is 364. The molecule has 2 aliphatic heterocycles. The van der Waals surface area contributed by atoms with Crippen molar-refractivity contribution in [3.63, 3.8) is 0 Å². The van der Waals surface area contributed by atoms with E-state index in [1.807, 2.05) is 0 Å². The Morgan fingerprint density at radius 3 is 2.78 bits per heavy atom. The molecule has 0 amide bonds. The lowest BCUT2D eigenvalue weighted by Gasteiger charge is -2.25. The molecular weight excluding hydrogens is 252 g/mol. The maximum Gasteiger partial charge on any atom is 0.214 e. The molecule has 3 unspecified atom stereocenters. The number of piperidine rings is 1. The van der Waals surface area contributed by atoms with Crippen molar-refractivity contribution in [2.24, 2.45) is 11.8 Å². The zero-order valence-electron chi connectivity index (χ0n) is 11.0. The molecule has 0 aliphatic carbocycles. The number of hydrogen-bond acceptors (Lipinski definition) is 4. The van der Waals surface area contributed by atoms with Crippen LogP contribution in [0.15, 0.2) is 0 Å². The van der Waals surface area contributed by atoms with E-state index in [1.165, 1.54) is 0 Å². The van der Waals surface area contributed by atoms with E-state index < -0.39 is 16.1 Å². The summed E-state index contributed by atoms with van der Waals surface area (Å²) in [5.41, 5.74) is 0. The van der Waals surface area contributed by atoms with Gasteiger partial charge in [0, 0.05) is 13.1 Å². The van der Waals surface area contributed by atoms with E-state index in [0.717, 1.165) is 32.4 Å². The fourth-order valence-corrected chi connectivity index (χ4v) is 4.76. The van der Waals surface area contributed by atoms with Gasteiger partial charge >= 0.3 is 0 Å². The highest BCUT2D eigenvalue weighted by Gasteiger charge is 2.34. The highest BCUT2D eigenvalue weighted by atomic mass is 32.2. The van der Waals surface area contributed by atoms with Crippen LogP contribution in [-0.2, 0) is 10.0 Å². The molecule has 2 heterocycles. The second-order valence-electron chi connectivity index (χ2n) is 5.64. The third kappa shape index (κ3) is 3.44. The maximum atomic E-state index is 12.3. The number of nitrogens with one attached hydrogen (secondary N) is 1. The van der Waals surface area contributed by atoms with Crippen LogP contribution in [0.4, 0.5) is 0 Å². The van der Waals surface area contributed by atoms with Gasteiger partial charge in [0.25, 0.3) is 0 Å². The average Bonchev–Trinajstić information content (AvgIpc) is 2.79. The molecule has 0 spiro atoms. The molecule has 2 rings (SSSR count). The molecule has 0 aromatic rings. The normalized spacial score (nSPS) is 32.6. The van der Waals surface area contributed by atoms with E-state index in [4.69, 9.17) is 0 Å². The van der Waals surface area contributed by atoms with Gasteiger partial charge in [0.05, 0.1) is 11.9 Å². The topological polar surface area (TPSA) is 69.6 Å². The number of hydrogen-bond donors (Lipinski definition) is 2. The fraction of sp³-hybridized carbons (Fsp3) is 1.00. The Hall–Kier alpha value is -0.170. The smallest absolute Gasteiger partial charge is 0.214 e. The lowest BCUT2D eigenvalue weighted by atomic mass is 10.0. The van der Waals surface area contributed by atoms with Crippen molar-refractivity contribution in [2.45, 2.75) is 32.3 Å². The molecule has 3 atom stereocenters. The molecule has 0 radical (unpaired) electrons. The monoisotopic (exact) mass is 276 g/mol. The van der Waals surface area contributed by atoms with Crippen LogP contribution >= 0.6 is 0 Å². The molecule has 2 aliphatic rings. The molecule has 106 valence electrons. The number of rotatable bonds is 4. The van der Waals surface area contributed by atoms with Crippen molar-refractivity contribution in [1.29, 1.82) is 0 Å². The van der Waals surface area contributed by atoms with Crippen molar-refractivity contribution in [3.05, 3.63) is 0 Å². The first-order chi connectivity index (χ1) is 8.49. The average molecular weight is 276 g/mol. The molecule has 2 saturated heterocycles. The van der Waals surface area contributed by atoms with Gasteiger partial charge in [-0.1, -0.05) is 0 Å². The number of aliphatic hydroxyl groups excluding tert-OH is 1. The summed E-state index contributed by atoms with van der Waals surface area (Å²) in [6.07, 6.45) is 2.43. The molecule has 0 saturated carbocycles. The third-order valence-corrected chi connectivity index (χ3v) is 6.12. The van der Waals surface area contributed by atoms with E-state index in [0.29, 0.717) is 13.1 Å². The third-order valence-electron chi connectivity index (χ3n) is 4.11. The second-order valence-corrected chi connectivity index (χ2v) is 7.65. The summed E-state index contributed by atoms with van der Waals surface area (Å²) < 4.78 is 26.1. The lowest BCUT2D eigenvalue weighted by molar-refractivity contribution is 0.133. The van der Waals surface area contributed by atoms with Crippen LogP contribution in [0.1, 0.15) is 26.2 Å². The summed E-state index contributed by atoms with van der Waals surface area (Å²) in [6.45, 7) is 4.61. The highest BCUT2D eigenvalue weighted by Crippen LogP contribution is 2.24. The highest BCUT2D eigenvalue weighted by molar-refractivity contribution is 7.89. The Kier molecular flexibility index (Phi) is 4.64. The molecule has 2 fully saturated rings. The molecule has 0 aromatic heterocycles. The number of sulfonamides is 1. The van der Waals surface area contributed by atoms with E-state index in [9.17, 15) is 13.5 Å². The first kappa shape index (κ1) is 14.2. The quantitative estimate of drug-likeness (QED) is 0.759. The largest absolute Gasteiger partial charge is 0.393 e. The van der Waals surface area contributed by atoms with Crippen LogP contribution in [0.3, 0.4) is 0 Å². The standard InChI is InChI=1S/C12H24N2O3S/c1-10(15)12-4-6-14(8-12)18(16,17)9-11-3-2-5-13-7-11/h10-13,15H,2-9H2,1H3. The summed E-state index contributed by atoms with van der Waals surface area (Å²) in [5.74, 6) is 0.602. The van der Waals surface area contributed by atoms with E-state index >= 15 is 0 Å². The summed E-state index contributed by atoms with van der Waals surface area (Å²) in [5, 5.41) is 12.8. The minimum atomic E-state index is -3.14. The zero-order chi connectivity index (χ0) is 13.2. The molecular formula is C12H24N2O3S. The summed E-state index contributed by atoms with van der Waals surface area (Å²) >= 11 is 0. The first-order valence-electron chi connectivity index (χ1n) is 6.85. The summed E-state index contributed by atoms with van der Waals surface area (Å²) in [7, 11) is -3.14. The van der Waals surface area contributed by atoms with Crippen LogP contribution in [0.5, 0.6) is 0 Å². The lowest BCUT2D eigenvalue weighted by Crippen LogP contribution is -2.39. The minimum Gasteiger partial charge on any atom is -0.393 e. The molecule has 0 bridgehead atoms. The summed E-state index contributed by atoms with van der Waals surface area (Å²) in [4.78, 5) is 0. The maximum absolute atomic E-state index is 12.3. The number of aliphatic hydroxyl groups is 1. The van der Waals surface area contributed by atoms with Gasteiger partial charge in [-0.2, -0.15) is 0 Å². The van der Waals surface area contributed by atoms with Crippen molar-refractivity contribution in [3.8, 4) is 0 Å². The van der Waals surface area contributed by atoms with Gasteiger partial charge in [0.2, 0.25) is 10.0 Å². The van der Waals surface area contributed by atoms with Crippen molar-refractivity contribution < 1.29 is 13.5 Å². The van der Waals surface area contributed by atoms with Crippen LogP contribution < -0.4 is 5.32 Å². The van der Waals surface area contributed by atoms with Crippen molar-refractivity contribution in [1.82, 2.24) is 9.62 Å². The van der Waals surface area contributed by atoms with Crippen LogP contribution in [0.2, 0.25) is 0 Å². The minimum absolute atomic E-state index is 0.101. The van der Waals surface area contributed by atoms with Crippen molar-refractivity contribution in [2.75, 3.05) is 31.9 Å². The van der Waals surface area contributed by atoms with E-state index in [-0.39, 0.29) is 17.6 Å². The van der Waals surface area contributed by atoms with Gasteiger partial charge in [0.15, 0.2) is 0 Å². The van der Waals surface area contributed by atoms with Gasteiger partial charge in [-0.15, -0.1) is 0 Å². The van der Waals surface area contributed by atoms with Crippen LogP contribution in [0.25, 0.3) is 0 Å². The van der Waals surface area contributed by atoms with Crippen LogP contribution in [-0.4, -0.2) is 55.9 Å². The Morgan fingerprint density at radius 1 is 1.44 bits per heavy atom. The fourth-order valence-electron chi connectivity index (χ4n) is 2.87. The predicted molar refractivity (Wildman–Crippen MR) is 70.7 cm³/mol. The Morgan fingerprint density at radius 2 is 2.22 bits per heavy atom. The number of nitrogens with zero attached hydrogens (tertiary/aromatic N) is 1. The Balaban J connectivity index is 1.90. The molecule has 5 nitrogen and oxygen atoms in total. The molecule has 6 heteroatoms. The molecule has 18 heavy (non-hydrogen) atoms. The van der Waals surface area contributed by atoms with E-state index in [1.54, 1.807) is 11.2 Å². The Labute approximate surface area is 110 Å². The van der Waals surface area contributed by atoms with Crippen LogP contribution in [0, 0.1) is 11.8 Å². The second kappa shape index (κ2) is 5.86. The van der Waals surface area contributed by atoms with Gasteiger partial charge in [0.1, 0.15) is 0 Å². The first-order valence-corrected chi connectivity index (χ1v) is 8.46. The van der Waals surface area contributed by atoms with Gasteiger partial charge in [-0.3, -0.25) is 0 Å². The van der Waals surface area contributed by atoms with Gasteiger partial charge < -0.3 is 10.4 Å². The molecule has 0 aromatic carbocycles. The van der Waals surface area contributed by atoms with E-state index in [2.05, 4.69) is 5.32 Å². The zero-order valence-corrected chi connectivity index (χ0v) is 11.8. The molecule has 2 N–H and O–H groups in total. The predicted octanol–water partition coefficient (Wildman–Crippen LogP) is 0.0185.